The van der Waals surface area contributed by atoms with Crippen molar-refractivity contribution in [3.8, 4) is 0 Å². The number of halogens is 1. The highest BCUT2D eigenvalue weighted by atomic mass is 35.5. The number of carbonyl (C=O) groups excluding carboxylic acids is 1. The van der Waals surface area contributed by atoms with E-state index in [2.05, 4.69) is 10.3 Å². The van der Waals surface area contributed by atoms with Crippen molar-refractivity contribution in [2.75, 3.05) is 5.32 Å². The van der Waals surface area contributed by atoms with Crippen LogP contribution in [-0.4, -0.2) is 27.6 Å². The van der Waals surface area contributed by atoms with Crippen molar-refractivity contribution in [1.82, 2.24) is 10.3 Å². The lowest BCUT2D eigenvalue weighted by Crippen LogP contribution is -2.40. The van der Waals surface area contributed by atoms with Gasteiger partial charge in [0, 0.05) is 5.54 Å². The average molecular weight is 278 g/mol. The molecule has 6 nitrogen and oxygen atoms in total. The molecule has 94 valence electrons. The Morgan fingerprint density at radius 1 is 1.41 bits per heavy atom. The molecule has 0 bridgehead atoms. The van der Waals surface area contributed by atoms with Crippen LogP contribution in [0.1, 0.15) is 30.4 Å². The van der Waals surface area contributed by atoms with Gasteiger partial charge in [0.15, 0.2) is 10.3 Å². The van der Waals surface area contributed by atoms with Crippen LogP contribution < -0.4 is 10.6 Å². The van der Waals surface area contributed by atoms with E-state index < -0.39 is 11.6 Å². The second kappa shape index (κ2) is 4.89. The highest BCUT2D eigenvalue weighted by molar-refractivity contribution is 7.18. The molecule has 0 aromatic carbocycles. The second-order valence-electron chi connectivity index (χ2n) is 4.27. The van der Waals surface area contributed by atoms with E-state index in [0.717, 1.165) is 11.3 Å². The van der Waals surface area contributed by atoms with E-state index in [0.29, 0.717) is 0 Å². The lowest BCUT2D eigenvalue weighted by Gasteiger charge is -2.19. The number of nitrogens with one attached hydrogen (secondary N) is 2. The quantitative estimate of drug-likeness (QED) is 0.774. The van der Waals surface area contributed by atoms with E-state index in [1.54, 1.807) is 0 Å². The van der Waals surface area contributed by atoms with Crippen LogP contribution in [0.5, 0.6) is 0 Å². The van der Waals surface area contributed by atoms with Gasteiger partial charge in [0.2, 0.25) is 0 Å². The third kappa shape index (κ3) is 4.20. The maximum Gasteiger partial charge on any atom is 0.410 e. The van der Waals surface area contributed by atoms with E-state index in [9.17, 15) is 9.59 Å². The normalized spacial score (nSPS) is 11.1. The molecule has 8 heteroatoms. The first-order valence-electron chi connectivity index (χ1n) is 4.68. The van der Waals surface area contributed by atoms with E-state index in [-0.39, 0.29) is 21.1 Å². The summed E-state index contributed by atoms with van der Waals surface area (Å²) < 4.78 is 0. The fraction of sp³-hybridized carbons (Fsp3) is 0.444. The maximum atomic E-state index is 11.8. The van der Waals surface area contributed by atoms with Crippen molar-refractivity contribution >= 4 is 40.1 Å². The lowest BCUT2D eigenvalue weighted by atomic mass is 10.1. The van der Waals surface area contributed by atoms with Crippen molar-refractivity contribution in [2.45, 2.75) is 26.3 Å². The van der Waals surface area contributed by atoms with Gasteiger partial charge < -0.3 is 10.4 Å². The van der Waals surface area contributed by atoms with Gasteiger partial charge in [0.05, 0.1) is 0 Å². The molecule has 0 saturated carbocycles. The summed E-state index contributed by atoms with van der Waals surface area (Å²) in [6.07, 6.45) is -1.25. The second-order valence-corrected chi connectivity index (χ2v) is 5.63. The summed E-state index contributed by atoms with van der Waals surface area (Å²) in [5.41, 5.74) is -0.398. The molecule has 1 rings (SSSR count). The molecular weight excluding hydrogens is 266 g/mol. The Morgan fingerprint density at radius 2 is 2.00 bits per heavy atom. The number of thiazole rings is 1. The van der Waals surface area contributed by atoms with Gasteiger partial charge in [-0.25, -0.2) is 9.78 Å². The third-order valence-electron chi connectivity index (χ3n) is 1.49. The molecule has 2 amide bonds. The van der Waals surface area contributed by atoms with Crippen LogP contribution in [0.15, 0.2) is 0 Å². The standard InChI is InChI=1S/C9H12ClN3O3S/c1-9(2,3)13-6(14)4-5(10)11-7(17-4)12-8(15)16/h1-3H3,(H,11,12)(H,13,14)(H,15,16). The van der Waals surface area contributed by atoms with Crippen molar-refractivity contribution in [2.24, 2.45) is 0 Å². The summed E-state index contributed by atoms with van der Waals surface area (Å²) in [7, 11) is 0. The first-order valence-corrected chi connectivity index (χ1v) is 5.87. The molecule has 0 unspecified atom stereocenters. The number of carboxylic acid groups (broad SMARTS) is 1. The van der Waals surface area contributed by atoms with E-state index in [1.165, 1.54) is 0 Å². The highest BCUT2D eigenvalue weighted by Crippen LogP contribution is 2.27. The minimum Gasteiger partial charge on any atom is -0.465 e. The van der Waals surface area contributed by atoms with Crippen LogP contribution in [0.4, 0.5) is 9.93 Å². The van der Waals surface area contributed by atoms with Crippen molar-refractivity contribution in [3.63, 3.8) is 0 Å². The van der Waals surface area contributed by atoms with Crippen LogP contribution >= 0.6 is 22.9 Å². The van der Waals surface area contributed by atoms with E-state index in [1.807, 2.05) is 26.1 Å². The van der Waals surface area contributed by atoms with E-state index in [4.69, 9.17) is 16.7 Å². The Labute approximate surface area is 107 Å². The Balaban J connectivity index is 2.88. The molecule has 0 aliphatic heterocycles. The lowest BCUT2D eigenvalue weighted by molar-refractivity contribution is 0.0923. The molecule has 3 N–H and O–H groups in total. The minimum absolute atomic E-state index is 0.0134. The molecule has 0 aliphatic carbocycles. The predicted octanol–water partition coefficient (Wildman–Crippen LogP) is 2.41. The van der Waals surface area contributed by atoms with Crippen LogP contribution in [0.2, 0.25) is 5.15 Å². The zero-order valence-electron chi connectivity index (χ0n) is 9.50. The molecule has 0 spiro atoms. The summed E-state index contributed by atoms with van der Waals surface area (Å²) in [6, 6.07) is 0. The molecule has 0 atom stereocenters. The number of hydrogen-bond acceptors (Lipinski definition) is 4. The van der Waals surface area contributed by atoms with Crippen molar-refractivity contribution in [1.29, 1.82) is 0 Å². The first kappa shape index (κ1) is 13.7. The Bertz CT molecular complexity index is 453. The summed E-state index contributed by atoms with van der Waals surface area (Å²) in [5, 5.41) is 13.3. The number of aromatic nitrogens is 1. The van der Waals surface area contributed by atoms with Gasteiger partial charge in [-0.3, -0.25) is 10.1 Å². The van der Waals surface area contributed by atoms with Gasteiger partial charge in [-0.15, -0.1) is 0 Å². The van der Waals surface area contributed by atoms with Gasteiger partial charge in [0.25, 0.3) is 5.91 Å². The number of anilines is 1. The molecule has 1 aromatic heterocycles. The molecule has 1 aromatic rings. The summed E-state index contributed by atoms with van der Waals surface area (Å²) >= 11 is 6.65. The molecular formula is C9H12ClN3O3S. The Morgan fingerprint density at radius 3 is 2.47 bits per heavy atom. The largest absolute Gasteiger partial charge is 0.465 e. The number of hydrogen-bond donors (Lipinski definition) is 3. The fourth-order valence-corrected chi connectivity index (χ4v) is 2.06. The van der Waals surface area contributed by atoms with Gasteiger partial charge in [-0.05, 0) is 20.8 Å². The molecule has 1 heterocycles. The maximum absolute atomic E-state index is 11.8. The van der Waals surface area contributed by atoms with Crippen LogP contribution in [0.3, 0.4) is 0 Å². The SMILES string of the molecule is CC(C)(C)NC(=O)c1sc(NC(=O)O)nc1Cl. The number of carbonyl (C=O) groups is 2. The third-order valence-corrected chi connectivity index (χ3v) is 2.85. The van der Waals surface area contributed by atoms with Crippen LogP contribution in [0.25, 0.3) is 0 Å². The van der Waals surface area contributed by atoms with Crippen LogP contribution in [0, 0.1) is 0 Å². The fourth-order valence-electron chi connectivity index (χ4n) is 0.984. The molecule has 0 aliphatic rings. The zero-order chi connectivity index (χ0) is 13.2. The Kier molecular flexibility index (Phi) is 3.94. The summed E-state index contributed by atoms with van der Waals surface area (Å²) in [6.45, 7) is 5.49. The summed E-state index contributed by atoms with van der Waals surface area (Å²) in [5.74, 6) is -0.376. The first-order chi connectivity index (χ1) is 7.69. The van der Waals surface area contributed by atoms with Gasteiger partial charge in [0.1, 0.15) is 4.88 Å². The van der Waals surface area contributed by atoms with E-state index >= 15 is 0 Å². The van der Waals surface area contributed by atoms with Gasteiger partial charge in [-0.2, -0.15) is 0 Å². The molecule has 0 saturated heterocycles. The minimum atomic E-state index is -1.25. The van der Waals surface area contributed by atoms with Gasteiger partial charge in [-0.1, -0.05) is 22.9 Å². The van der Waals surface area contributed by atoms with Crippen molar-refractivity contribution in [3.05, 3.63) is 10.0 Å². The van der Waals surface area contributed by atoms with Crippen LogP contribution in [-0.2, 0) is 0 Å². The van der Waals surface area contributed by atoms with Gasteiger partial charge >= 0.3 is 6.09 Å². The molecule has 0 radical (unpaired) electrons. The van der Waals surface area contributed by atoms with Crippen molar-refractivity contribution < 1.29 is 14.7 Å². The summed E-state index contributed by atoms with van der Waals surface area (Å²) in [4.78, 5) is 26.1. The smallest absolute Gasteiger partial charge is 0.410 e. The molecule has 17 heavy (non-hydrogen) atoms. The topological polar surface area (TPSA) is 91.3 Å². The zero-order valence-corrected chi connectivity index (χ0v) is 11.1. The number of nitrogens with zero attached hydrogens (tertiary/aromatic N) is 1. The Hall–Kier alpha value is -1.34. The number of rotatable bonds is 2. The average Bonchev–Trinajstić information content (AvgIpc) is 2.42. The number of amides is 2. The molecule has 0 fully saturated rings. The highest BCUT2D eigenvalue weighted by Gasteiger charge is 2.21. The predicted molar refractivity (Wildman–Crippen MR) is 66.0 cm³/mol. The monoisotopic (exact) mass is 277 g/mol.